The molecule has 0 aliphatic carbocycles. The largest absolute Gasteiger partial charge is 0.506 e. The topological polar surface area (TPSA) is 63.6 Å². The normalized spacial score (nSPS) is 12.6. The maximum absolute atomic E-state index is 9.15. The summed E-state index contributed by atoms with van der Waals surface area (Å²) in [6, 6.07) is 9.26. The van der Waals surface area contributed by atoms with Crippen molar-refractivity contribution in [2.24, 2.45) is 0 Å². The summed E-state index contributed by atoms with van der Waals surface area (Å²) in [5.74, 6) is 1.78. The lowest BCUT2D eigenvalue weighted by molar-refractivity contribution is 0.173. The smallest absolute Gasteiger partial charge is 0.231 e. The number of benzene rings is 1. The highest BCUT2D eigenvalue weighted by atomic mass is 16.7. The Balaban J connectivity index is 1.61. The van der Waals surface area contributed by atoms with Crippen LogP contribution in [0.3, 0.4) is 0 Å². The number of ether oxygens (including phenoxy) is 2. The zero-order valence-corrected chi connectivity index (χ0v) is 10.3. The molecule has 0 radical (unpaired) electrons. The Morgan fingerprint density at radius 2 is 2.11 bits per heavy atom. The molecule has 0 bridgehead atoms. The van der Waals surface area contributed by atoms with Crippen LogP contribution in [-0.2, 0) is 13.1 Å². The van der Waals surface area contributed by atoms with E-state index in [4.69, 9.17) is 14.6 Å². The van der Waals surface area contributed by atoms with E-state index in [2.05, 4.69) is 10.3 Å². The van der Waals surface area contributed by atoms with Crippen LogP contribution in [0.15, 0.2) is 36.5 Å². The molecular formula is C14H14N2O3. The summed E-state index contributed by atoms with van der Waals surface area (Å²) in [7, 11) is 0. The monoisotopic (exact) mass is 258 g/mol. The van der Waals surface area contributed by atoms with Crippen LogP contribution < -0.4 is 14.8 Å². The van der Waals surface area contributed by atoms with Gasteiger partial charge in [-0.2, -0.15) is 0 Å². The maximum Gasteiger partial charge on any atom is 0.231 e. The Hall–Kier alpha value is -2.27. The number of hydrogen-bond acceptors (Lipinski definition) is 5. The van der Waals surface area contributed by atoms with Crippen molar-refractivity contribution < 1.29 is 14.6 Å². The van der Waals surface area contributed by atoms with Gasteiger partial charge < -0.3 is 19.9 Å². The van der Waals surface area contributed by atoms with Crippen LogP contribution in [0, 0.1) is 0 Å². The molecule has 5 nitrogen and oxygen atoms in total. The van der Waals surface area contributed by atoms with Crippen molar-refractivity contribution in [1.82, 2.24) is 10.3 Å². The average Bonchev–Trinajstić information content (AvgIpc) is 2.90. The van der Waals surface area contributed by atoms with Crippen molar-refractivity contribution >= 4 is 0 Å². The molecule has 0 saturated carbocycles. The predicted octanol–water partition coefficient (Wildman–Crippen LogP) is 1.81. The third-order valence-corrected chi connectivity index (χ3v) is 2.91. The van der Waals surface area contributed by atoms with E-state index in [1.54, 1.807) is 12.1 Å². The standard InChI is InChI=1S/C14H14N2O3/c17-12-5-4-11(16-8-12)7-15-6-10-2-1-3-13-14(10)19-9-18-13/h1-5,8,15,17H,6-7,9H2. The van der Waals surface area contributed by atoms with Crippen LogP contribution in [0.25, 0.3) is 0 Å². The molecular weight excluding hydrogens is 244 g/mol. The van der Waals surface area contributed by atoms with Gasteiger partial charge in [-0.1, -0.05) is 12.1 Å². The molecule has 2 aromatic rings. The molecule has 0 fully saturated rings. The minimum Gasteiger partial charge on any atom is -0.506 e. The molecule has 3 rings (SSSR count). The molecule has 1 aromatic heterocycles. The van der Waals surface area contributed by atoms with E-state index >= 15 is 0 Å². The van der Waals surface area contributed by atoms with E-state index in [9.17, 15) is 0 Å². The summed E-state index contributed by atoms with van der Waals surface area (Å²) in [5.41, 5.74) is 1.94. The van der Waals surface area contributed by atoms with Gasteiger partial charge in [0.15, 0.2) is 11.5 Å². The van der Waals surface area contributed by atoms with Gasteiger partial charge in [0.2, 0.25) is 6.79 Å². The van der Waals surface area contributed by atoms with E-state index in [1.807, 2.05) is 18.2 Å². The fourth-order valence-electron chi connectivity index (χ4n) is 1.98. The number of pyridine rings is 1. The first-order valence-electron chi connectivity index (χ1n) is 6.05. The molecule has 0 atom stereocenters. The zero-order valence-electron chi connectivity index (χ0n) is 10.3. The number of aromatic hydroxyl groups is 1. The summed E-state index contributed by atoms with van der Waals surface area (Å²) in [6.07, 6.45) is 1.44. The van der Waals surface area contributed by atoms with E-state index in [0.29, 0.717) is 13.1 Å². The van der Waals surface area contributed by atoms with E-state index in [-0.39, 0.29) is 12.5 Å². The summed E-state index contributed by atoms with van der Waals surface area (Å²) in [6.45, 7) is 1.59. The van der Waals surface area contributed by atoms with Crippen molar-refractivity contribution in [3.8, 4) is 17.2 Å². The maximum atomic E-state index is 9.15. The fourth-order valence-corrected chi connectivity index (χ4v) is 1.98. The summed E-state index contributed by atoms with van der Waals surface area (Å²) in [5, 5.41) is 12.4. The van der Waals surface area contributed by atoms with Crippen molar-refractivity contribution in [2.75, 3.05) is 6.79 Å². The molecule has 0 unspecified atom stereocenters. The molecule has 19 heavy (non-hydrogen) atoms. The highest BCUT2D eigenvalue weighted by molar-refractivity contribution is 5.48. The number of rotatable bonds is 4. The van der Waals surface area contributed by atoms with Crippen molar-refractivity contribution in [2.45, 2.75) is 13.1 Å². The van der Waals surface area contributed by atoms with Crippen molar-refractivity contribution in [3.05, 3.63) is 47.8 Å². The summed E-state index contributed by atoms with van der Waals surface area (Å²) in [4.78, 5) is 4.11. The number of aromatic nitrogens is 1. The number of hydrogen-bond donors (Lipinski definition) is 2. The number of para-hydroxylation sites is 1. The lowest BCUT2D eigenvalue weighted by atomic mass is 10.2. The molecule has 1 aliphatic heterocycles. The Labute approximate surface area is 110 Å². The van der Waals surface area contributed by atoms with Gasteiger partial charge in [0.1, 0.15) is 5.75 Å². The van der Waals surface area contributed by atoms with E-state index in [1.165, 1.54) is 6.20 Å². The molecule has 5 heteroatoms. The van der Waals surface area contributed by atoms with Gasteiger partial charge in [-0.25, -0.2) is 0 Å². The zero-order chi connectivity index (χ0) is 13.1. The molecule has 0 saturated heterocycles. The second-order valence-electron chi connectivity index (χ2n) is 4.26. The van der Waals surface area contributed by atoms with Gasteiger partial charge in [0.25, 0.3) is 0 Å². The van der Waals surface area contributed by atoms with Crippen LogP contribution in [0.4, 0.5) is 0 Å². The molecule has 0 spiro atoms. The first kappa shape index (κ1) is 11.8. The van der Waals surface area contributed by atoms with Gasteiger partial charge in [0.05, 0.1) is 11.9 Å². The van der Waals surface area contributed by atoms with Gasteiger partial charge >= 0.3 is 0 Å². The van der Waals surface area contributed by atoms with Gasteiger partial charge in [0, 0.05) is 18.7 Å². The average molecular weight is 258 g/mol. The van der Waals surface area contributed by atoms with Gasteiger partial charge in [-0.3, -0.25) is 4.98 Å². The number of nitrogens with one attached hydrogen (secondary N) is 1. The minimum atomic E-state index is 0.176. The Kier molecular flexibility index (Phi) is 3.20. The quantitative estimate of drug-likeness (QED) is 0.875. The number of nitrogens with zero attached hydrogens (tertiary/aromatic N) is 1. The third-order valence-electron chi connectivity index (χ3n) is 2.91. The molecule has 2 heterocycles. The molecule has 2 N–H and O–H groups in total. The SMILES string of the molecule is Oc1ccc(CNCc2cccc3c2OCO3)nc1. The first-order chi connectivity index (χ1) is 9.33. The summed E-state index contributed by atoms with van der Waals surface area (Å²) < 4.78 is 10.8. The highest BCUT2D eigenvalue weighted by Crippen LogP contribution is 2.35. The van der Waals surface area contributed by atoms with E-state index in [0.717, 1.165) is 22.8 Å². The molecule has 98 valence electrons. The molecule has 1 aliphatic rings. The first-order valence-corrected chi connectivity index (χ1v) is 6.05. The minimum absolute atomic E-state index is 0.176. The Morgan fingerprint density at radius 3 is 2.95 bits per heavy atom. The number of fused-ring (bicyclic) bond motifs is 1. The second kappa shape index (κ2) is 5.16. The van der Waals surface area contributed by atoms with Crippen molar-refractivity contribution in [1.29, 1.82) is 0 Å². The van der Waals surface area contributed by atoms with Crippen LogP contribution in [0.2, 0.25) is 0 Å². The lowest BCUT2D eigenvalue weighted by Gasteiger charge is -2.07. The van der Waals surface area contributed by atoms with Crippen LogP contribution >= 0.6 is 0 Å². The fraction of sp³-hybridized carbons (Fsp3) is 0.214. The van der Waals surface area contributed by atoms with Crippen LogP contribution in [0.1, 0.15) is 11.3 Å². The predicted molar refractivity (Wildman–Crippen MR) is 69.0 cm³/mol. The molecule has 0 amide bonds. The van der Waals surface area contributed by atoms with Crippen LogP contribution in [0.5, 0.6) is 17.2 Å². The van der Waals surface area contributed by atoms with Gasteiger partial charge in [-0.05, 0) is 18.2 Å². The van der Waals surface area contributed by atoms with Gasteiger partial charge in [-0.15, -0.1) is 0 Å². The molecule has 1 aromatic carbocycles. The third kappa shape index (κ3) is 2.61. The lowest BCUT2D eigenvalue weighted by Crippen LogP contribution is -2.13. The van der Waals surface area contributed by atoms with Crippen LogP contribution in [-0.4, -0.2) is 16.9 Å². The Morgan fingerprint density at radius 1 is 1.16 bits per heavy atom. The Bertz CT molecular complexity index is 569. The second-order valence-corrected chi connectivity index (χ2v) is 4.26. The highest BCUT2D eigenvalue weighted by Gasteiger charge is 2.16. The van der Waals surface area contributed by atoms with Crippen molar-refractivity contribution in [3.63, 3.8) is 0 Å². The summed E-state index contributed by atoms with van der Waals surface area (Å²) >= 11 is 0. The van der Waals surface area contributed by atoms with E-state index < -0.39 is 0 Å².